The average Bonchev–Trinajstić information content (AvgIpc) is 3.11. The van der Waals surface area contributed by atoms with E-state index in [-0.39, 0.29) is 18.1 Å². The summed E-state index contributed by atoms with van der Waals surface area (Å²) in [5, 5.41) is 26.2. The number of thiazole rings is 1. The number of rotatable bonds is 4. The Balaban J connectivity index is 1.89. The maximum absolute atomic E-state index is 10.3. The van der Waals surface area contributed by atoms with Gasteiger partial charge in [0.1, 0.15) is 17.3 Å². The molecule has 0 amide bonds. The van der Waals surface area contributed by atoms with Crippen LogP contribution in [0.15, 0.2) is 40.5 Å². The van der Waals surface area contributed by atoms with Gasteiger partial charge >= 0.3 is 0 Å². The zero-order valence-corrected chi connectivity index (χ0v) is 13.3. The van der Waals surface area contributed by atoms with Gasteiger partial charge in [-0.2, -0.15) is 5.10 Å². The molecule has 0 atom stereocenters. The second-order valence-electron chi connectivity index (χ2n) is 4.67. The van der Waals surface area contributed by atoms with E-state index in [1.165, 1.54) is 16.3 Å². The molecule has 0 bridgehead atoms. The minimum atomic E-state index is 0.00931. The number of aliphatic hydroxyl groups excluding tert-OH is 1. The number of carbonyl (C=O) groups excluding carboxylic acids is 1. The van der Waals surface area contributed by atoms with Crippen LogP contribution in [-0.2, 0) is 4.79 Å². The van der Waals surface area contributed by atoms with E-state index in [2.05, 4.69) is 10.1 Å². The van der Waals surface area contributed by atoms with Gasteiger partial charge in [-0.05, 0) is 12.1 Å². The van der Waals surface area contributed by atoms with Crippen molar-refractivity contribution in [2.24, 2.45) is 5.10 Å². The molecule has 1 aliphatic heterocycles. The van der Waals surface area contributed by atoms with Gasteiger partial charge in [-0.25, -0.2) is 9.99 Å². The quantitative estimate of drug-likeness (QED) is 0.657. The Bertz CT molecular complexity index is 826. The lowest BCUT2D eigenvalue weighted by Crippen LogP contribution is -2.20. The van der Waals surface area contributed by atoms with Crippen LogP contribution in [-0.4, -0.2) is 40.0 Å². The molecule has 3 rings (SSSR count). The largest absolute Gasteiger partial charge is 0.509 e. The molecule has 0 saturated carbocycles. The Morgan fingerprint density at radius 2 is 2.13 bits per heavy atom. The second kappa shape index (κ2) is 6.31. The molecule has 2 N–H and O–H groups in total. The number of benzene rings is 1. The smallest absolute Gasteiger partial charge is 0.162 e. The Hall–Kier alpha value is -2.51. The molecule has 1 aromatic heterocycles. The number of nitrogens with zero attached hydrogens (tertiary/aromatic N) is 3. The van der Waals surface area contributed by atoms with Crippen LogP contribution in [0.1, 0.15) is 5.01 Å². The third-order valence-corrected chi connectivity index (χ3v) is 4.32. The van der Waals surface area contributed by atoms with E-state index in [4.69, 9.17) is 17.0 Å². The highest BCUT2D eigenvalue weighted by molar-refractivity contribution is 7.11. The van der Waals surface area contributed by atoms with E-state index < -0.39 is 0 Å². The van der Waals surface area contributed by atoms with Crippen LogP contribution in [0.3, 0.4) is 0 Å². The molecular weight excluding hydrogens is 336 g/mol. The summed E-state index contributed by atoms with van der Waals surface area (Å²) in [5.41, 5.74) is 1.97. The molecule has 1 aliphatic rings. The summed E-state index contributed by atoms with van der Waals surface area (Å²) < 4.78 is 0. The van der Waals surface area contributed by atoms with Crippen LogP contribution in [0.5, 0.6) is 0 Å². The molecule has 0 unspecified atom stereocenters. The fourth-order valence-electron chi connectivity index (χ4n) is 2.14. The van der Waals surface area contributed by atoms with E-state index in [1.807, 2.05) is 17.5 Å². The van der Waals surface area contributed by atoms with Gasteiger partial charge in [0, 0.05) is 16.0 Å². The number of nitrogens with one attached hydrogen (secondary N) is 1. The molecule has 8 heteroatoms. The molecule has 23 heavy (non-hydrogen) atoms. The molecule has 0 saturated heterocycles. The summed E-state index contributed by atoms with van der Waals surface area (Å²) in [6, 6.07) is 7.27. The first-order valence-electron chi connectivity index (χ1n) is 6.58. The minimum absolute atomic E-state index is 0.00931. The van der Waals surface area contributed by atoms with Crippen molar-refractivity contribution in [2.75, 3.05) is 6.54 Å². The van der Waals surface area contributed by atoms with Crippen LogP contribution in [0.25, 0.3) is 16.8 Å². The third-order valence-electron chi connectivity index (χ3n) is 3.21. The van der Waals surface area contributed by atoms with E-state index in [0.29, 0.717) is 21.9 Å². The molecule has 0 aliphatic carbocycles. The van der Waals surface area contributed by atoms with Crippen LogP contribution in [0.4, 0.5) is 0 Å². The number of halogens is 1. The van der Waals surface area contributed by atoms with Crippen molar-refractivity contribution < 1.29 is 9.90 Å². The Labute approximate surface area is 140 Å². The Morgan fingerprint density at radius 3 is 2.83 bits per heavy atom. The van der Waals surface area contributed by atoms with Gasteiger partial charge < -0.3 is 5.11 Å². The summed E-state index contributed by atoms with van der Waals surface area (Å²) in [4.78, 5) is 14.8. The number of hydrogen-bond donors (Lipinski definition) is 2. The van der Waals surface area contributed by atoms with E-state index in [1.54, 1.807) is 12.1 Å². The van der Waals surface area contributed by atoms with Gasteiger partial charge in [-0.15, -0.1) is 11.3 Å². The highest BCUT2D eigenvalue weighted by atomic mass is 35.5. The number of hydrazone groups is 1. The molecule has 0 spiro atoms. The van der Waals surface area contributed by atoms with Gasteiger partial charge in [0.25, 0.3) is 0 Å². The lowest BCUT2D eigenvalue weighted by molar-refractivity contribution is -0.102. The van der Waals surface area contributed by atoms with Gasteiger partial charge in [-0.3, -0.25) is 10.2 Å². The molecular formula is C15H11ClN4O2S. The zero-order valence-electron chi connectivity index (χ0n) is 11.7. The van der Waals surface area contributed by atoms with Crippen molar-refractivity contribution in [3.63, 3.8) is 0 Å². The van der Waals surface area contributed by atoms with Crippen LogP contribution in [0, 0.1) is 5.41 Å². The predicted molar refractivity (Wildman–Crippen MR) is 91.1 cm³/mol. The van der Waals surface area contributed by atoms with Crippen LogP contribution >= 0.6 is 22.9 Å². The van der Waals surface area contributed by atoms with Crippen molar-refractivity contribution in [1.29, 1.82) is 5.41 Å². The first-order chi connectivity index (χ1) is 11.1. The highest BCUT2D eigenvalue weighted by Gasteiger charge is 2.30. The van der Waals surface area contributed by atoms with E-state index in [9.17, 15) is 9.90 Å². The maximum Gasteiger partial charge on any atom is 0.162 e. The molecule has 116 valence electrons. The summed E-state index contributed by atoms with van der Waals surface area (Å²) in [5.74, 6) is 0.0210. The Kier molecular flexibility index (Phi) is 4.22. The van der Waals surface area contributed by atoms with Crippen molar-refractivity contribution in [1.82, 2.24) is 9.99 Å². The topological polar surface area (TPSA) is 89.6 Å². The van der Waals surface area contributed by atoms with Crippen molar-refractivity contribution >= 4 is 46.8 Å². The SMILES string of the molecule is N=C1C(c2nc(-c3ccc(Cl)cc3)cs2)=C(O)CN1/N=C/C=O. The fourth-order valence-corrected chi connectivity index (χ4v) is 3.16. The van der Waals surface area contributed by atoms with Gasteiger partial charge in [0.2, 0.25) is 0 Å². The first kappa shape index (κ1) is 15.4. The zero-order chi connectivity index (χ0) is 16.4. The maximum atomic E-state index is 10.3. The lowest BCUT2D eigenvalue weighted by atomic mass is 10.2. The fraction of sp³-hybridized carbons (Fsp3) is 0.0667. The second-order valence-corrected chi connectivity index (χ2v) is 5.97. The number of hydrogen-bond acceptors (Lipinski definition) is 6. The van der Waals surface area contributed by atoms with Gasteiger partial charge in [0.15, 0.2) is 12.1 Å². The molecule has 1 aromatic carbocycles. The normalized spacial score (nSPS) is 15.0. The van der Waals surface area contributed by atoms with E-state index in [0.717, 1.165) is 17.5 Å². The summed E-state index contributed by atoms with van der Waals surface area (Å²) in [6.45, 7) is 0.0500. The summed E-state index contributed by atoms with van der Waals surface area (Å²) >= 11 is 7.20. The number of amidine groups is 1. The number of carbonyl (C=O) groups is 1. The molecule has 2 heterocycles. The Morgan fingerprint density at radius 1 is 1.39 bits per heavy atom. The monoisotopic (exact) mass is 346 g/mol. The lowest BCUT2D eigenvalue weighted by Gasteiger charge is -2.09. The molecule has 6 nitrogen and oxygen atoms in total. The molecule has 0 radical (unpaired) electrons. The standard InChI is InChI=1S/C15H11ClN4O2S/c16-10-3-1-9(2-4-10)11-8-23-15(19-11)13-12(22)7-20(14(13)17)18-5-6-21/h1-6,8,17,22H,7H2/b17-14?,18-5+. The molecule has 0 fully saturated rings. The van der Waals surface area contributed by atoms with Crippen LogP contribution in [0.2, 0.25) is 5.02 Å². The number of aromatic nitrogens is 1. The van der Waals surface area contributed by atoms with Crippen molar-refractivity contribution in [3.8, 4) is 11.3 Å². The summed E-state index contributed by atoms with van der Waals surface area (Å²) in [7, 11) is 0. The third kappa shape index (κ3) is 3.01. The predicted octanol–water partition coefficient (Wildman–Crippen LogP) is 3.21. The number of aldehydes is 1. The highest BCUT2D eigenvalue weighted by Crippen LogP contribution is 2.32. The minimum Gasteiger partial charge on any atom is -0.509 e. The summed E-state index contributed by atoms with van der Waals surface area (Å²) in [6.07, 6.45) is 1.55. The van der Waals surface area contributed by atoms with Crippen molar-refractivity contribution in [2.45, 2.75) is 0 Å². The first-order valence-corrected chi connectivity index (χ1v) is 7.84. The average molecular weight is 347 g/mol. The van der Waals surface area contributed by atoms with Gasteiger partial charge in [-0.1, -0.05) is 23.7 Å². The van der Waals surface area contributed by atoms with Crippen molar-refractivity contribution in [3.05, 3.63) is 45.4 Å². The van der Waals surface area contributed by atoms with Crippen LogP contribution < -0.4 is 0 Å². The van der Waals surface area contributed by atoms with Gasteiger partial charge in [0.05, 0.1) is 17.5 Å². The number of aliphatic hydroxyl groups is 1. The van der Waals surface area contributed by atoms with E-state index >= 15 is 0 Å². The molecule has 2 aromatic rings.